The first-order valence-electron chi connectivity index (χ1n) is 10.9. The molecule has 2 aromatic carbocycles. The first kappa shape index (κ1) is 24.3. The molecule has 0 unspecified atom stereocenters. The summed E-state index contributed by atoms with van der Waals surface area (Å²) in [5.41, 5.74) is 3.86. The Morgan fingerprint density at radius 3 is 2.48 bits per heavy atom. The van der Waals surface area contributed by atoms with Gasteiger partial charge in [-0.3, -0.25) is 9.59 Å². The molecule has 0 aliphatic rings. The normalized spacial score (nSPS) is 11.7. The Morgan fingerprint density at radius 2 is 1.82 bits per heavy atom. The number of rotatable bonds is 8. The Labute approximate surface area is 198 Å². The maximum absolute atomic E-state index is 12.8. The Balaban J connectivity index is 1.75. The highest BCUT2D eigenvalue weighted by Gasteiger charge is 2.18. The van der Waals surface area contributed by atoms with Crippen molar-refractivity contribution in [3.63, 3.8) is 0 Å². The van der Waals surface area contributed by atoms with Gasteiger partial charge in [0.2, 0.25) is 5.88 Å². The Hall–Kier alpha value is -3.32. The van der Waals surface area contributed by atoms with E-state index in [0.717, 1.165) is 35.6 Å². The highest BCUT2D eigenvalue weighted by atomic mass is 35.5. The number of aromatic nitrogens is 2. The number of halogens is 1. The summed E-state index contributed by atoms with van der Waals surface area (Å²) < 4.78 is 6.97. The second-order valence-corrected chi connectivity index (χ2v) is 8.21. The van der Waals surface area contributed by atoms with Gasteiger partial charge >= 0.3 is 0 Å². The smallest absolute Gasteiger partial charge is 0.271 e. The SMILES string of the molecule is CCN(CC)c1ccc(NC(=O)[C@@H](C)Oc2ccc(=O)n(-c3cc(Cl)ccc3C)n2)c(C)c1. The van der Waals surface area contributed by atoms with Crippen LogP contribution in [-0.2, 0) is 4.79 Å². The summed E-state index contributed by atoms with van der Waals surface area (Å²) in [6.07, 6.45) is -0.828. The van der Waals surface area contributed by atoms with Crippen LogP contribution >= 0.6 is 11.6 Å². The lowest BCUT2D eigenvalue weighted by atomic mass is 10.1. The number of benzene rings is 2. The minimum Gasteiger partial charge on any atom is -0.463 e. The fourth-order valence-corrected chi connectivity index (χ4v) is 3.65. The van der Waals surface area contributed by atoms with E-state index in [9.17, 15) is 9.59 Å². The number of nitrogens with zero attached hydrogens (tertiary/aromatic N) is 3. The van der Waals surface area contributed by atoms with Gasteiger partial charge in [-0.2, -0.15) is 4.68 Å². The van der Waals surface area contributed by atoms with Gasteiger partial charge in [-0.05, 0) is 76.1 Å². The van der Waals surface area contributed by atoms with Crippen LogP contribution in [0.3, 0.4) is 0 Å². The van der Waals surface area contributed by atoms with Crippen LogP contribution in [0.2, 0.25) is 5.02 Å². The van der Waals surface area contributed by atoms with E-state index in [4.69, 9.17) is 16.3 Å². The largest absolute Gasteiger partial charge is 0.463 e. The predicted molar refractivity (Wildman–Crippen MR) is 133 cm³/mol. The number of carbonyl (C=O) groups is 1. The van der Waals surface area contributed by atoms with E-state index in [1.165, 1.54) is 16.8 Å². The van der Waals surface area contributed by atoms with Crippen LogP contribution in [0, 0.1) is 13.8 Å². The van der Waals surface area contributed by atoms with Gasteiger partial charge in [-0.15, -0.1) is 5.10 Å². The van der Waals surface area contributed by atoms with Crippen LogP contribution in [0.5, 0.6) is 5.88 Å². The van der Waals surface area contributed by atoms with Crippen molar-refractivity contribution < 1.29 is 9.53 Å². The third-order valence-electron chi connectivity index (χ3n) is 5.44. The molecule has 0 bridgehead atoms. The van der Waals surface area contributed by atoms with Gasteiger partial charge in [0.05, 0.1) is 5.69 Å². The van der Waals surface area contributed by atoms with Crippen molar-refractivity contribution in [3.8, 4) is 11.6 Å². The zero-order valence-corrected chi connectivity index (χ0v) is 20.3. The molecule has 1 N–H and O–H groups in total. The van der Waals surface area contributed by atoms with E-state index in [1.807, 2.05) is 32.0 Å². The number of hydrogen-bond donors (Lipinski definition) is 1. The van der Waals surface area contributed by atoms with Gasteiger partial charge in [0.1, 0.15) is 0 Å². The molecule has 0 fully saturated rings. The average molecular weight is 469 g/mol. The van der Waals surface area contributed by atoms with Gasteiger partial charge in [0.25, 0.3) is 11.5 Å². The van der Waals surface area contributed by atoms with Crippen LogP contribution in [0.1, 0.15) is 31.9 Å². The maximum Gasteiger partial charge on any atom is 0.271 e. The van der Waals surface area contributed by atoms with Gasteiger partial charge in [-0.1, -0.05) is 17.7 Å². The molecule has 0 aliphatic heterocycles. The van der Waals surface area contributed by atoms with E-state index in [1.54, 1.807) is 19.1 Å². The van der Waals surface area contributed by atoms with Gasteiger partial charge in [0, 0.05) is 41.6 Å². The summed E-state index contributed by atoms with van der Waals surface area (Å²) in [6.45, 7) is 11.5. The fraction of sp³-hybridized carbons (Fsp3) is 0.320. The third kappa shape index (κ3) is 5.73. The second-order valence-electron chi connectivity index (χ2n) is 7.77. The Kier molecular flexibility index (Phi) is 7.76. The van der Waals surface area contributed by atoms with Crippen molar-refractivity contribution in [3.05, 3.63) is 75.0 Å². The standard InChI is InChI=1S/C25H29ClN4O3/c1-6-29(7-2)20-10-11-21(17(4)14-20)27-25(32)18(5)33-23-12-13-24(31)30(28-23)22-15-19(26)9-8-16(22)3/h8-15,18H,6-7H2,1-5H3,(H,27,32)/t18-/m1/s1. The molecule has 33 heavy (non-hydrogen) atoms. The number of hydrogen-bond acceptors (Lipinski definition) is 5. The number of amides is 1. The summed E-state index contributed by atoms with van der Waals surface area (Å²) >= 11 is 6.09. The molecule has 1 aromatic heterocycles. The molecular formula is C25H29ClN4O3. The van der Waals surface area contributed by atoms with Gasteiger partial charge in [0.15, 0.2) is 6.10 Å². The van der Waals surface area contributed by atoms with Gasteiger partial charge < -0.3 is 15.0 Å². The summed E-state index contributed by atoms with van der Waals surface area (Å²) in [5, 5.41) is 7.68. The average Bonchev–Trinajstić information content (AvgIpc) is 2.79. The summed E-state index contributed by atoms with van der Waals surface area (Å²) in [5.74, 6) is -0.155. The molecule has 1 amide bonds. The number of nitrogens with one attached hydrogen (secondary N) is 1. The van der Waals surface area contributed by atoms with E-state index in [0.29, 0.717) is 10.7 Å². The Bertz CT molecular complexity index is 1200. The maximum atomic E-state index is 12.8. The minimum atomic E-state index is -0.828. The number of carbonyl (C=O) groups excluding carboxylic acids is 1. The number of ether oxygens (including phenoxy) is 1. The molecule has 0 saturated heterocycles. The minimum absolute atomic E-state index is 0.158. The predicted octanol–water partition coefficient (Wildman–Crippen LogP) is 4.75. The molecule has 0 spiro atoms. The van der Waals surface area contributed by atoms with Crippen LogP contribution in [0.25, 0.3) is 5.69 Å². The monoisotopic (exact) mass is 468 g/mol. The molecular weight excluding hydrogens is 440 g/mol. The molecule has 3 aromatic rings. The van der Waals surface area contributed by atoms with Gasteiger partial charge in [-0.25, -0.2) is 0 Å². The third-order valence-corrected chi connectivity index (χ3v) is 5.67. The highest BCUT2D eigenvalue weighted by Crippen LogP contribution is 2.23. The van der Waals surface area contributed by atoms with Crippen molar-refractivity contribution >= 4 is 28.9 Å². The van der Waals surface area contributed by atoms with E-state index in [-0.39, 0.29) is 17.3 Å². The molecule has 0 aliphatic carbocycles. The lowest BCUT2D eigenvalue weighted by Crippen LogP contribution is -2.31. The van der Waals surface area contributed by atoms with E-state index < -0.39 is 6.10 Å². The summed E-state index contributed by atoms with van der Waals surface area (Å²) in [4.78, 5) is 27.4. The lowest BCUT2D eigenvalue weighted by molar-refractivity contribution is -0.122. The Morgan fingerprint density at radius 1 is 1.09 bits per heavy atom. The van der Waals surface area contributed by atoms with Crippen molar-refractivity contribution in [1.82, 2.24) is 9.78 Å². The van der Waals surface area contributed by atoms with E-state index in [2.05, 4.69) is 35.2 Å². The molecule has 174 valence electrons. The van der Waals surface area contributed by atoms with Crippen LogP contribution in [0.15, 0.2) is 53.3 Å². The molecule has 0 radical (unpaired) electrons. The molecule has 3 rings (SSSR count). The number of aryl methyl sites for hydroxylation is 2. The zero-order valence-electron chi connectivity index (χ0n) is 19.6. The van der Waals surface area contributed by atoms with Crippen molar-refractivity contribution in [2.24, 2.45) is 0 Å². The quantitative estimate of drug-likeness (QED) is 0.516. The number of anilines is 2. The molecule has 7 nitrogen and oxygen atoms in total. The van der Waals surface area contributed by atoms with Crippen LogP contribution in [0.4, 0.5) is 11.4 Å². The van der Waals surface area contributed by atoms with Crippen LogP contribution < -0.4 is 20.5 Å². The zero-order chi connectivity index (χ0) is 24.1. The summed E-state index contributed by atoms with van der Waals surface area (Å²) in [6, 6.07) is 14.0. The van der Waals surface area contributed by atoms with Crippen molar-refractivity contribution in [1.29, 1.82) is 0 Å². The molecule has 8 heteroatoms. The molecule has 1 heterocycles. The van der Waals surface area contributed by atoms with Crippen molar-refractivity contribution in [2.45, 2.75) is 40.7 Å². The van der Waals surface area contributed by atoms with Crippen LogP contribution in [-0.4, -0.2) is 34.9 Å². The summed E-state index contributed by atoms with van der Waals surface area (Å²) in [7, 11) is 0. The fourth-order valence-electron chi connectivity index (χ4n) is 3.48. The van der Waals surface area contributed by atoms with E-state index >= 15 is 0 Å². The van der Waals surface area contributed by atoms with Crippen molar-refractivity contribution in [2.75, 3.05) is 23.3 Å². The first-order valence-corrected chi connectivity index (χ1v) is 11.3. The molecule has 1 atom stereocenters. The lowest BCUT2D eigenvalue weighted by Gasteiger charge is -2.22. The first-order chi connectivity index (χ1) is 15.7. The highest BCUT2D eigenvalue weighted by molar-refractivity contribution is 6.30. The second kappa shape index (κ2) is 10.5. The molecule has 0 saturated carbocycles. The topological polar surface area (TPSA) is 76.5 Å².